The van der Waals surface area contributed by atoms with Crippen LogP contribution in [0.4, 0.5) is 17.6 Å². The van der Waals surface area contributed by atoms with Crippen LogP contribution < -0.4 is 4.74 Å². The molecular formula is C35H40F4O. The summed E-state index contributed by atoms with van der Waals surface area (Å²) in [6, 6.07) is 12.5. The van der Waals surface area contributed by atoms with Crippen molar-refractivity contribution in [1.29, 1.82) is 0 Å². The Morgan fingerprint density at radius 3 is 1.85 bits per heavy atom. The topological polar surface area (TPSA) is 9.23 Å². The highest BCUT2D eigenvalue weighted by atomic mass is 19.2. The number of ether oxygens (including phenoxy) is 1. The largest absolute Gasteiger partial charge is 0.490 e. The number of rotatable bonds is 13. The molecule has 4 rings (SSSR count). The first kappa shape index (κ1) is 29.9. The van der Waals surface area contributed by atoms with Crippen LogP contribution in [0.1, 0.15) is 90.0 Å². The van der Waals surface area contributed by atoms with Crippen molar-refractivity contribution in [2.45, 2.75) is 84.5 Å². The van der Waals surface area contributed by atoms with Gasteiger partial charge >= 0.3 is 0 Å². The maximum atomic E-state index is 15.2. The van der Waals surface area contributed by atoms with Crippen LogP contribution in [0.3, 0.4) is 0 Å². The van der Waals surface area contributed by atoms with E-state index in [9.17, 15) is 8.78 Å². The Kier molecular flexibility index (Phi) is 10.9. The lowest BCUT2D eigenvalue weighted by Crippen LogP contribution is -2.07. The molecule has 1 unspecified atom stereocenters. The van der Waals surface area contributed by atoms with Crippen LogP contribution in [0.25, 0.3) is 27.8 Å². The van der Waals surface area contributed by atoms with E-state index in [1.54, 1.807) is 36.4 Å². The molecule has 5 heteroatoms. The van der Waals surface area contributed by atoms with Crippen LogP contribution in [0.2, 0.25) is 0 Å². The lowest BCUT2D eigenvalue weighted by Gasteiger charge is -2.22. The van der Waals surface area contributed by atoms with Gasteiger partial charge in [0.05, 0.1) is 6.61 Å². The average Bonchev–Trinajstić information content (AvgIpc) is 2.97. The van der Waals surface area contributed by atoms with Crippen LogP contribution in [0.5, 0.6) is 5.75 Å². The molecule has 0 aromatic heterocycles. The highest BCUT2D eigenvalue weighted by Crippen LogP contribution is 2.37. The number of halogens is 4. The van der Waals surface area contributed by atoms with Crippen molar-refractivity contribution in [2.75, 3.05) is 6.61 Å². The van der Waals surface area contributed by atoms with E-state index in [0.717, 1.165) is 37.7 Å². The molecule has 1 atom stereocenters. The fourth-order valence-corrected chi connectivity index (χ4v) is 5.47. The van der Waals surface area contributed by atoms with Gasteiger partial charge in [0.25, 0.3) is 0 Å². The third kappa shape index (κ3) is 7.16. The molecule has 0 heterocycles. The Morgan fingerprint density at radius 2 is 1.23 bits per heavy atom. The van der Waals surface area contributed by atoms with E-state index in [0.29, 0.717) is 29.2 Å². The molecule has 0 spiro atoms. The van der Waals surface area contributed by atoms with Gasteiger partial charge in [-0.1, -0.05) is 101 Å². The third-order valence-electron chi connectivity index (χ3n) is 7.97. The standard InChI is InChI=1S/C35H40F4O/c1-3-5-7-8-9-10-24-11-13-25(14-12-24)28-19-20-29(33(37)32(28)36)26-15-17-27(18-16-26)30-21-22-31(35(39)34(30)38)40-23-6-4-2/h13,15-22,24H,3-12,14,23H2,1-2H3. The molecule has 0 bridgehead atoms. The van der Waals surface area contributed by atoms with E-state index in [4.69, 9.17) is 4.74 Å². The predicted molar refractivity (Wildman–Crippen MR) is 156 cm³/mol. The first-order valence-corrected chi connectivity index (χ1v) is 14.8. The SMILES string of the molecule is CCCCCCCC1CC=C(c2ccc(-c3ccc(-c4ccc(OCCCC)c(F)c4F)cc3)c(F)c2F)CC1. The second-order valence-electron chi connectivity index (χ2n) is 10.9. The lowest BCUT2D eigenvalue weighted by atomic mass is 9.83. The zero-order valence-corrected chi connectivity index (χ0v) is 23.7. The molecule has 0 fully saturated rings. The summed E-state index contributed by atoms with van der Waals surface area (Å²) in [5, 5.41) is 0. The van der Waals surface area contributed by atoms with Gasteiger partial charge < -0.3 is 4.74 Å². The highest BCUT2D eigenvalue weighted by Gasteiger charge is 2.21. The first-order valence-electron chi connectivity index (χ1n) is 14.8. The van der Waals surface area contributed by atoms with E-state index in [-0.39, 0.29) is 16.9 Å². The minimum Gasteiger partial charge on any atom is -0.490 e. The van der Waals surface area contributed by atoms with Crippen LogP contribution >= 0.6 is 0 Å². The van der Waals surface area contributed by atoms with E-state index in [1.807, 2.05) is 6.92 Å². The molecule has 1 aliphatic carbocycles. The van der Waals surface area contributed by atoms with Gasteiger partial charge in [0, 0.05) is 16.7 Å². The molecule has 0 saturated heterocycles. The molecule has 0 saturated carbocycles. The molecule has 1 aliphatic rings. The van der Waals surface area contributed by atoms with Crippen LogP contribution in [0, 0.1) is 29.2 Å². The number of hydrogen-bond acceptors (Lipinski definition) is 1. The van der Waals surface area contributed by atoms with E-state index >= 15 is 8.78 Å². The van der Waals surface area contributed by atoms with E-state index < -0.39 is 23.3 Å². The van der Waals surface area contributed by atoms with Crippen LogP contribution in [0.15, 0.2) is 54.6 Å². The predicted octanol–water partition coefficient (Wildman–Crippen LogP) is 11.3. The molecule has 0 amide bonds. The number of allylic oxidation sites excluding steroid dienone is 2. The Hall–Kier alpha value is -3.08. The van der Waals surface area contributed by atoms with Crippen molar-refractivity contribution in [2.24, 2.45) is 5.92 Å². The Labute approximate surface area is 236 Å². The fourth-order valence-electron chi connectivity index (χ4n) is 5.47. The summed E-state index contributed by atoms with van der Waals surface area (Å²) in [7, 11) is 0. The van der Waals surface area contributed by atoms with Crippen LogP contribution in [-0.4, -0.2) is 6.61 Å². The molecule has 0 radical (unpaired) electrons. The molecule has 214 valence electrons. The monoisotopic (exact) mass is 552 g/mol. The average molecular weight is 553 g/mol. The van der Waals surface area contributed by atoms with E-state index in [1.165, 1.54) is 50.7 Å². The summed E-state index contributed by atoms with van der Waals surface area (Å²) in [6.07, 6.45) is 13.9. The lowest BCUT2D eigenvalue weighted by molar-refractivity contribution is 0.289. The molecule has 3 aromatic carbocycles. The Morgan fingerprint density at radius 1 is 0.650 bits per heavy atom. The molecular weight excluding hydrogens is 512 g/mol. The molecule has 1 nitrogen and oxygen atoms in total. The van der Waals surface area contributed by atoms with Crippen molar-refractivity contribution in [3.63, 3.8) is 0 Å². The summed E-state index contributed by atoms with van der Waals surface area (Å²) in [5.74, 6) is -3.25. The van der Waals surface area contributed by atoms with Gasteiger partial charge in [-0.25, -0.2) is 13.2 Å². The summed E-state index contributed by atoms with van der Waals surface area (Å²) in [4.78, 5) is 0. The van der Waals surface area contributed by atoms with Gasteiger partial charge in [0.15, 0.2) is 23.2 Å². The van der Waals surface area contributed by atoms with E-state index in [2.05, 4.69) is 13.0 Å². The molecule has 40 heavy (non-hydrogen) atoms. The second-order valence-corrected chi connectivity index (χ2v) is 10.9. The third-order valence-corrected chi connectivity index (χ3v) is 7.97. The summed E-state index contributed by atoms with van der Waals surface area (Å²) in [5.41, 5.74) is 2.33. The maximum absolute atomic E-state index is 15.2. The van der Waals surface area contributed by atoms with Crippen molar-refractivity contribution in [1.82, 2.24) is 0 Å². The second kappa shape index (κ2) is 14.5. The maximum Gasteiger partial charge on any atom is 0.201 e. The Bertz CT molecular complexity index is 1300. The highest BCUT2D eigenvalue weighted by molar-refractivity contribution is 5.74. The Balaban J connectivity index is 1.45. The smallest absolute Gasteiger partial charge is 0.201 e. The molecule has 0 aliphatic heterocycles. The van der Waals surface area contributed by atoms with Crippen LogP contribution in [-0.2, 0) is 0 Å². The minimum atomic E-state index is -1.03. The minimum absolute atomic E-state index is 0.0809. The van der Waals surface area contributed by atoms with Gasteiger partial charge in [-0.2, -0.15) is 4.39 Å². The fraction of sp³-hybridized carbons (Fsp3) is 0.429. The zero-order valence-electron chi connectivity index (χ0n) is 23.7. The van der Waals surface area contributed by atoms with Crippen molar-refractivity contribution >= 4 is 5.57 Å². The quantitative estimate of drug-likeness (QED) is 0.151. The van der Waals surface area contributed by atoms with Gasteiger partial charge in [0.2, 0.25) is 5.82 Å². The normalized spacial score (nSPS) is 15.2. The van der Waals surface area contributed by atoms with Gasteiger partial charge in [-0.15, -0.1) is 0 Å². The molecule has 3 aromatic rings. The van der Waals surface area contributed by atoms with Crippen molar-refractivity contribution in [3.05, 3.63) is 83.4 Å². The van der Waals surface area contributed by atoms with Gasteiger partial charge in [-0.3, -0.25) is 0 Å². The van der Waals surface area contributed by atoms with Crippen molar-refractivity contribution in [3.8, 4) is 28.0 Å². The summed E-state index contributed by atoms with van der Waals surface area (Å²) >= 11 is 0. The summed E-state index contributed by atoms with van der Waals surface area (Å²) in [6.45, 7) is 4.52. The zero-order chi connectivity index (χ0) is 28.5. The van der Waals surface area contributed by atoms with Gasteiger partial charge in [-0.05, 0) is 60.4 Å². The number of benzene rings is 3. The number of unbranched alkanes of at least 4 members (excludes halogenated alkanes) is 5. The summed E-state index contributed by atoms with van der Waals surface area (Å²) < 4.78 is 65.1. The van der Waals surface area contributed by atoms with Crippen molar-refractivity contribution < 1.29 is 22.3 Å². The van der Waals surface area contributed by atoms with Gasteiger partial charge in [0.1, 0.15) is 0 Å². The molecule has 0 N–H and O–H groups in total. The number of hydrogen-bond donors (Lipinski definition) is 0. The first-order chi connectivity index (χ1) is 19.4.